The highest BCUT2D eigenvalue weighted by molar-refractivity contribution is 7.89. The van der Waals surface area contributed by atoms with Gasteiger partial charge in [-0.2, -0.15) is 0 Å². The lowest BCUT2D eigenvalue weighted by Crippen LogP contribution is -2.19. The average molecular weight is 342 g/mol. The second-order valence-electron chi connectivity index (χ2n) is 4.52. The monoisotopic (exact) mass is 341 g/mol. The summed E-state index contributed by atoms with van der Waals surface area (Å²) in [6, 6.07) is 9.69. The van der Waals surface area contributed by atoms with Gasteiger partial charge in [-0.25, -0.2) is 18.1 Å². The first-order valence-corrected chi connectivity index (χ1v) is 8.35. The van der Waals surface area contributed by atoms with Gasteiger partial charge in [0.1, 0.15) is 10.7 Å². The van der Waals surface area contributed by atoms with Gasteiger partial charge in [0.05, 0.1) is 12.6 Å². The molecule has 0 saturated carbocycles. The van der Waals surface area contributed by atoms with Crippen molar-refractivity contribution in [3.05, 3.63) is 53.2 Å². The van der Waals surface area contributed by atoms with E-state index in [-0.39, 0.29) is 17.5 Å². The zero-order valence-electron chi connectivity index (χ0n) is 11.8. The smallest absolute Gasteiger partial charge is 0.241 e. The summed E-state index contributed by atoms with van der Waals surface area (Å²) < 4.78 is 25.5. The Balaban J connectivity index is 2.16. The molecule has 2 rings (SSSR count). The Kier molecular flexibility index (Phi) is 5.36. The molecule has 0 spiro atoms. The maximum Gasteiger partial charge on any atom is 0.241 e. The molecule has 1 atom stereocenters. The molecule has 22 heavy (non-hydrogen) atoms. The van der Waals surface area contributed by atoms with E-state index in [1.165, 1.54) is 19.3 Å². The van der Waals surface area contributed by atoms with Crippen LogP contribution in [-0.4, -0.2) is 32.2 Å². The maximum absolute atomic E-state index is 11.6. The van der Waals surface area contributed by atoms with E-state index in [9.17, 15) is 13.5 Å². The molecular formula is C14H16ClN3O3S. The van der Waals surface area contributed by atoms with Crippen LogP contribution in [0.15, 0.2) is 47.5 Å². The molecule has 1 unspecified atom stereocenters. The van der Waals surface area contributed by atoms with E-state index in [1.54, 1.807) is 30.3 Å². The average Bonchev–Trinajstić information content (AvgIpc) is 2.54. The molecule has 8 heteroatoms. The van der Waals surface area contributed by atoms with Crippen LogP contribution in [0.25, 0.3) is 0 Å². The van der Waals surface area contributed by atoms with Crippen LogP contribution in [0.3, 0.4) is 0 Å². The van der Waals surface area contributed by atoms with Crippen LogP contribution < -0.4 is 10.0 Å². The summed E-state index contributed by atoms with van der Waals surface area (Å²) >= 11 is 5.84. The molecule has 6 nitrogen and oxygen atoms in total. The summed E-state index contributed by atoms with van der Waals surface area (Å²) in [5.41, 5.74) is 0.848. The molecule has 0 aliphatic heterocycles. The maximum atomic E-state index is 11.6. The van der Waals surface area contributed by atoms with Crippen LogP contribution in [0, 0.1) is 0 Å². The van der Waals surface area contributed by atoms with Crippen LogP contribution in [0.1, 0.15) is 11.6 Å². The van der Waals surface area contributed by atoms with E-state index in [0.717, 1.165) is 5.56 Å². The van der Waals surface area contributed by atoms with E-state index in [1.807, 2.05) is 0 Å². The number of hydrogen-bond acceptors (Lipinski definition) is 5. The van der Waals surface area contributed by atoms with Crippen molar-refractivity contribution in [2.24, 2.45) is 0 Å². The third kappa shape index (κ3) is 3.95. The highest BCUT2D eigenvalue weighted by Crippen LogP contribution is 2.20. The molecule has 1 heterocycles. The highest BCUT2D eigenvalue weighted by Gasteiger charge is 2.14. The first-order chi connectivity index (χ1) is 10.5. The number of aliphatic hydroxyl groups excluding tert-OH is 1. The van der Waals surface area contributed by atoms with Crippen LogP contribution in [-0.2, 0) is 10.0 Å². The molecule has 0 aliphatic carbocycles. The molecule has 2 aromatic rings. The van der Waals surface area contributed by atoms with Gasteiger partial charge in [-0.1, -0.05) is 23.7 Å². The van der Waals surface area contributed by atoms with Gasteiger partial charge in [0.15, 0.2) is 0 Å². The standard InChI is InChI=1S/C14H16ClN3O3S/c1-16-22(20,21)12-6-7-14(17-8-12)18-13(9-19)10-2-4-11(15)5-3-10/h2-8,13,16,19H,9H2,1H3,(H,17,18). The van der Waals surface area contributed by atoms with Gasteiger partial charge in [-0.15, -0.1) is 0 Å². The number of hydrogen-bond donors (Lipinski definition) is 3. The van der Waals surface area contributed by atoms with Crippen LogP contribution in [0.2, 0.25) is 5.02 Å². The van der Waals surface area contributed by atoms with Gasteiger partial charge >= 0.3 is 0 Å². The highest BCUT2D eigenvalue weighted by atomic mass is 35.5. The molecule has 118 valence electrons. The third-order valence-electron chi connectivity index (χ3n) is 3.09. The van der Waals surface area contributed by atoms with E-state index >= 15 is 0 Å². The Bertz CT molecular complexity index is 718. The van der Waals surface area contributed by atoms with Gasteiger partial charge in [-0.3, -0.25) is 0 Å². The molecule has 1 aromatic heterocycles. The lowest BCUT2D eigenvalue weighted by atomic mass is 10.1. The Hall–Kier alpha value is -1.67. The number of anilines is 1. The number of sulfonamides is 1. The molecule has 0 saturated heterocycles. The Labute approximate surface area is 134 Å². The fourth-order valence-electron chi connectivity index (χ4n) is 1.85. The Morgan fingerprint density at radius 3 is 2.41 bits per heavy atom. The van der Waals surface area contributed by atoms with Crippen LogP contribution >= 0.6 is 11.6 Å². The number of nitrogens with one attached hydrogen (secondary N) is 2. The van der Waals surface area contributed by atoms with Gasteiger partial charge in [0, 0.05) is 11.2 Å². The van der Waals surface area contributed by atoms with Crippen molar-refractivity contribution in [2.75, 3.05) is 19.0 Å². The second-order valence-corrected chi connectivity index (χ2v) is 6.84. The van der Waals surface area contributed by atoms with Crippen LogP contribution in [0.4, 0.5) is 5.82 Å². The molecular weight excluding hydrogens is 326 g/mol. The minimum absolute atomic E-state index is 0.0765. The third-order valence-corrected chi connectivity index (χ3v) is 4.74. The fourth-order valence-corrected chi connectivity index (χ4v) is 2.65. The van der Waals surface area contributed by atoms with Gasteiger partial charge in [0.25, 0.3) is 0 Å². The number of nitrogens with zero attached hydrogens (tertiary/aromatic N) is 1. The van der Waals surface area contributed by atoms with Crippen molar-refractivity contribution in [2.45, 2.75) is 10.9 Å². The lowest BCUT2D eigenvalue weighted by molar-refractivity contribution is 0.276. The largest absolute Gasteiger partial charge is 0.394 e. The van der Waals surface area contributed by atoms with Gasteiger partial charge < -0.3 is 10.4 Å². The lowest BCUT2D eigenvalue weighted by Gasteiger charge is -2.17. The van der Waals surface area contributed by atoms with Crippen molar-refractivity contribution < 1.29 is 13.5 Å². The number of benzene rings is 1. The fraction of sp³-hybridized carbons (Fsp3) is 0.214. The molecule has 3 N–H and O–H groups in total. The summed E-state index contributed by atoms with van der Waals surface area (Å²) in [7, 11) is -2.17. The summed E-state index contributed by atoms with van der Waals surface area (Å²) in [6.07, 6.45) is 1.25. The van der Waals surface area contributed by atoms with Crippen molar-refractivity contribution in [1.82, 2.24) is 9.71 Å². The molecule has 0 radical (unpaired) electrons. The predicted molar refractivity (Wildman–Crippen MR) is 85.4 cm³/mol. The minimum Gasteiger partial charge on any atom is -0.394 e. The molecule has 0 bridgehead atoms. The number of rotatable bonds is 6. The summed E-state index contributed by atoms with van der Waals surface area (Å²) in [5.74, 6) is 0.462. The number of aliphatic hydroxyl groups is 1. The van der Waals surface area contributed by atoms with E-state index in [4.69, 9.17) is 11.6 Å². The quantitative estimate of drug-likeness (QED) is 0.745. The number of aromatic nitrogens is 1. The molecule has 1 aromatic carbocycles. The predicted octanol–water partition coefficient (Wildman–Crippen LogP) is 1.79. The topological polar surface area (TPSA) is 91.3 Å². The molecule has 0 aliphatic rings. The van der Waals surface area contributed by atoms with Crippen LogP contribution in [0.5, 0.6) is 0 Å². The van der Waals surface area contributed by atoms with Gasteiger partial charge in [-0.05, 0) is 36.9 Å². The zero-order chi connectivity index (χ0) is 16.2. The number of halogens is 1. The Morgan fingerprint density at radius 1 is 1.23 bits per heavy atom. The molecule has 0 fully saturated rings. The molecule has 0 amide bonds. The summed E-state index contributed by atoms with van der Waals surface area (Å²) in [4.78, 5) is 4.13. The van der Waals surface area contributed by atoms with Crippen molar-refractivity contribution in [3.8, 4) is 0 Å². The first kappa shape index (κ1) is 16.7. The SMILES string of the molecule is CNS(=O)(=O)c1ccc(NC(CO)c2ccc(Cl)cc2)nc1. The Morgan fingerprint density at radius 2 is 1.91 bits per heavy atom. The first-order valence-electron chi connectivity index (χ1n) is 6.48. The second kappa shape index (κ2) is 7.06. The van der Waals surface area contributed by atoms with E-state index in [2.05, 4.69) is 15.0 Å². The van der Waals surface area contributed by atoms with Gasteiger partial charge in [0.2, 0.25) is 10.0 Å². The van der Waals surface area contributed by atoms with Crippen molar-refractivity contribution in [3.63, 3.8) is 0 Å². The van der Waals surface area contributed by atoms with E-state index in [0.29, 0.717) is 10.8 Å². The summed E-state index contributed by atoms with van der Waals surface area (Å²) in [5, 5.41) is 13.2. The summed E-state index contributed by atoms with van der Waals surface area (Å²) in [6.45, 7) is -0.139. The van der Waals surface area contributed by atoms with E-state index < -0.39 is 10.0 Å². The number of pyridine rings is 1. The van der Waals surface area contributed by atoms with Crippen molar-refractivity contribution in [1.29, 1.82) is 0 Å². The minimum atomic E-state index is -3.51. The van der Waals surface area contributed by atoms with Crippen molar-refractivity contribution >= 4 is 27.4 Å². The zero-order valence-corrected chi connectivity index (χ0v) is 13.4. The normalized spacial score (nSPS) is 12.9.